The number of nitrogens with zero attached hydrogens (tertiary/aromatic N) is 1. The van der Waals surface area contributed by atoms with E-state index in [2.05, 4.69) is 37.0 Å². The summed E-state index contributed by atoms with van der Waals surface area (Å²) in [6.07, 6.45) is 0. The minimum absolute atomic E-state index is 0.0107. The molecule has 0 spiro atoms. The second kappa shape index (κ2) is 4.36. The fourth-order valence-corrected chi connectivity index (χ4v) is 2.42. The molecule has 0 amide bonds. The highest BCUT2D eigenvalue weighted by molar-refractivity contribution is 7.13. The molecule has 2 rings (SSSR count). The molecule has 0 saturated carbocycles. The van der Waals surface area contributed by atoms with Gasteiger partial charge in [-0.3, -0.25) is 0 Å². The molecule has 0 saturated heterocycles. The summed E-state index contributed by atoms with van der Waals surface area (Å²) in [6.45, 7) is 6.20. The molecule has 84 valence electrons. The lowest BCUT2D eigenvalue weighted by Crippen LogP contribution is -2.04. The van der Waals surface area contributed by atoms with Gasteiger partial charge in [0.2, 0.25) is 0 Å². The van der Waals surface area contributed by atoms with Crippen molar-refractivity contribution in [2.24, 2.45) is 5.73 Å². The maximum Gasteiger partial charge on any atom is 0.123 e. The molecule has 1 unspecified atom stereocenters. The van der Waals surface area contributed by atoms with Crippen LogP contribution < -0.4 is 5.73 Å². The summed E-state index contributed by atoms with van der Waals surface area (Å²) in [6, 6.07) is 6.44. The molecule has 2 N–H and O–H groups in total. The van der Waals surface area contributed by atoms with E-state index in [0.29, 0.717) is 0 Å². The Morgan fingerprint density at radius 1 is 1.25 bits per heavy atom. The van der Waals surface area contributed by atoms with E-state index in [0.717, 1.165) is 10.7 Å². The highest BCUT2D eigenvalue weighted by Gasteiger charge is 2.08. The minimum atomic E-state index is 0.0107. The van der Waals surface area contributed by atoms with E-state index in [9.17, 15) is 0 Å². The van der Waals surface area contributed by atoms with Gasteiger partial charge in [-0.05, 0) is 38.0 Å². The number of hydrogen-bond donors (Lipinski definition) is 1. The SMILES string of the molecule is Cc1ccc(-c2nc(C(C)N)cs2)cc1C. The number of thiazole rings is 1. The summed E-state index contributed by atoms with van der Waals surface area (Å²) in [5, 5.41) is 3.09. The predicted octanol–water partition coefficient (Wildman–Crippen LogP) is 3.45. The largest absolute Gasteiger partial charge is 0.323 e. The third kappa shape index (κ3) is 2.15. The highest BCUT2D eigenvalue weighted by Crippen LogP contribution is 2.27. The van der Waals surface area contributed by atoms with Crippen molar-refractivity contribution in [1.29, 1.82) is 0 Å². The van der Waals surface area contributed by atoms with Gasteiger partial charge in [-0.15, -0.1) is 11.3 Å². The Balaban J connectivity index is 2.39. The van der Waals surface area contributed by atoms with Gasteiger partial charge in [0.05, 0.1) is 5.69 Å². The number of aryl methyl sites for hydroxylation is 2. The molecule has 0 radical (unpaired) electrons. The Kier molecular flexibility index (Phi) is 3.08. The maximum atomic E-state index is 5.80. The van der Waals surface area contributed by atoms with Crippen LogP contribution >= 0.6 is 11.3 Å². The van der Waals surface area contributed by atoms with Crippen LogP contribution in [0.15, 0.2) is 23.6 Å². The van der Waals surface area contributed by atoms with Crippen LogP contribution in [0.1, 0.15) is 29.8 Å². The zero-order chi connectivity index (χ0) is 11.7. The molecule has 1 heterocycles. The van der Waals surface area contributed by atoms with Gasteiger partial charge < -0.3 is 5.73 Å². The summed E-state index contributed by atoms with van der Waals surface area (Å²) in [7, 11) is 0. The third-order valence-electron chi connectivity index (χ3n) is 2.74. The molecule has 0 bridgehead atoms. The van der Waals surface area contributed by atoms with Crippen LogP contribution in [0.4, 0.5) is 0 Å². The van der Waals surface area contributed by atoms with Crippen LogP contribution in [0.3, 0.4) is 0 Å². The van der Waals surface area contributed by atoms with E-state index >= 15 is 0 Å². The van der Waals surface area contributed by atoms with E-state index in [1.54, 1.807) is 11.3 Å². The molecule has 1 aromatic heterocycles. The molecule has 3 heteroatoms. The van der Waals surface area contributed by atoms with Gasteiger partial charge in [0.15, 0.2) is 0 Å². The normalized spacial score (nSPS) is 12.8. The van der Waals surface area contributed by atoms with Crippen LogP contribution in [0.5, 0.6) is 0 Å². The summed E-state index contributed by atoms with van der Waals surface area (Å²) < 4.78 is 0. The van der Waals surface area contributed by atoms with Crippen LogP contribution in [0.25, 0.3) is 10.6 Å². The zero-order valence-electron chi connectivity index (χ0n) is 9.82. The second-order valence-electron chi connectivity index (χ2n) is 4.17. The lowest BCUT2D eigenvalue weighted by Gasteiger charge is -2.02. The highest BCUT2D eigenvalue weighted by atomic mass is 32.1. The molecule has 0 aliphatic carbocycles. The average Bonchev–Trinajstić information content (AvgIpc) is 2.71. The summed E-state index contributed by atoms with van der Waals surface area (Å²) in [5.41, 5.74) is 10.6. The molecule has 2 aromatic rings. The Hall–Kier alpha value is -1.19. The Bertz CT molecular complexity index is 500. The second-order valence-corrected chi connectivity index (χ2v) is 5.02. The van der Waals surface area contributed by atoms with Crippen molar-refractivity contribution < 1.29 is 0 Å². The minimum Gasteiger partial charge on any atom is -0.323 e. The van der Waals surface area contributed by atoms with Gasteiger partial charge in [0.25, 0.3) is 0 Å². The van der Waals surface area contributed by atoms with E-state index in [-0.39, 0.29) is 6.04 Å². The van der Waals surface area contributed by atoms with Crippen molar-refractivity contribution in [3.63, 3.8) is 0 Å². The fraction of sp³-hybridized carbons (Fsp3) is 0.308. The first kappa shape index (κ1) is 11.3. The molecule has 16 heavy (non-hydrogen) atoms. The first-order valence-electron chi connectivity index (χ1n) is 5.36. The summed E-state index contributed by atoms with van der Waals surface area (Å²) in [5.74, 6) is 0. The van der Waals surface area contributed by atoms with Crippen LogP contribution in [-0.4, -0.2) is 4.98 Å². The molecule has 0 aliphatic heterocycles. The summed E-state index contributed by atoms with van der Waals surface area (Å²) >= 11 is 1.65. The van der Waals surface area contributed by atoms with Gasteiger partial charge >= 0.3 is 0 Å². The number of rotatable bonds is 2. The topological polar surface area (TPSA) is 38.9 Å². The number of nitrogens with two attached hydrogens (primary N) is 1. The van der Waals surface area contributed by atoms with Crippen molar-refractivity contribution in [3.8, 4) is 10.6 Å². The third-order valence-corrected chi connectivity index (χ3v) is 3.65. The fourth-order valence-electron chi connectivity index (χ4n) is 1.50. The van der Waals surface area contributed by atoms with Crippen molar-refractivity contribution in [2.45, 2.75) is 26.8 Å². The predicted molar refractivity (Wildman–Crippen MR) is 69.6 cm³/mol. The van der Waals surface area contributed by atoms with E-state index in [1.165, 1.54) is 16.7 Å². The quantitative estimate of drug-likeness (QED) is 0.861. The molecule has 0 fully saturated rings. The monoisotopic (exact) mass is 232 g/mol. The van der Waals surface area contributed by atoms with Crippen LogP contribution in [-0.2, 0) is 0 Å². The zero-order valence-corrected chi connectivity index (χ0v) is 10.6. The standard InChI is InChI=1S/C13H16N2S/c1-8-4-5-11(6-9(8)2)13-15-12(7-16-13)10(3)14/h4-7,10H,14H2,1-3H3. The Morgan fingerprint density at radius 3 is 2.56 bits per heavy atom. The van der Waals surface area contributed by atoms with Gasteiger partial charge in [-0.25, -0.2) is 4.98 Å². The van der Waals surface area contributed by atoms with Gasteiger partial charge in [0, 0.05) is 17.0 Å². The van der Waals surface area contributed by atoms with Crippen molar-refractivity contribution in [2.75, 3.05) is 0 Å². The molecule has 1 atom stereocenters. The van der Waals surface area contributed by atoms with Crippen molar-refractivity contribution >= 4 is 11.3 Å². The first-order chi connectivity index (χ1) is 7.58. The Morgan fingerprint density at radius 2 is 2.00 bits per heavy atom. The number of benzene rings is 1. The van der Waals surface area contributed by atoms with Gasteiger partial charge in [-0.2, -0.15) is 0 Å². The van der Waals surface area contributed by atoms with Crippen molar-refractivity contribution in [3.05, 3.63) is 40.4 Å². The smallest absolute Gasteiger partial charge is 0.123 e. The van der Waals surface area contributed by atoms with Crippen molar-refractivity contribution in [1.82, 2.24) is 4.98 Å². The Labute approximate surface area is 100 Å². The maximum absolute atomic E-state index is 5.80. The molecule has 0 aliphatic rings. The average molecular weight is 232 g/mol. The van der Waals surface area contributed by atoms with E-state index < -0.39 is 0 Å². The van der Waals surface area contributed by atoms with Gasteiger partial charge in [0.1, 0.15) is 5.01 Å². The van der Waals surface area contributed by atoms with E-state index in [1.807, 2.05) is 12.3 Å². The molecule has 1 aromatic carbocycles. The first-order valence-corrected chi connectivity index (χ1v) is 6.24. The molecular weight excluding hydrogens is 216 g/mol. The number of aromatic nitrogens is 1. The van der Waals surface area contributed by atoms with Crippen LogP contribution in [0, 0.1) is 13.8 Å². The molecule has 2 nitrogen and oxygen atoms in total. The summed E-state index contributed by atoms with van der Waals surface area (Å²) in [4.78, 5) is 4.54. The lowest BCUT2D eigenvalue weighted by molar-refractivity contribution is 0.790. The molecular formula is C13H16N2S. The lowest BCUT2D eigenvalue weighted by atomic mass is 10.1. The van der Waals surface area contributed by atoms with Gasteiger partial charge in [-0.1, -0.05) is 12.1 Å². The van der Waals surface area contributed by atoms with Crippen LogP contribution in [0.2, 0.25) is 0 Å². The number of hydrogen-bond acceptors (Lipinski definition) is 3. The van der Waals surface area contributed by atoms with E-state index in [4.69, 9.17) is 5.73 Å².